The molecule has 2 fully saturated rings. The standard InChI is InChI=1S/C14H26N2O/c1-2-12-7-8-15-13(11-12)14(17)16-9-5-3-4-6-10-16/h12-13,15H,2-11H2,1H3. The molecule has 2 aliphatic rings. The van der Waals surface area contributed by atoms with Crippen LogP contribution in [0.1, 0.15) is 51.9 Å². The number of carbonyl (C=O) groups excluding carboxylic acids is 1. The average Bonchev–Trinajstić information content (AvgIpc) is 2.67. The molecule has 2 unspecified atom stereocenters. The number of likely N-dealkylation sites (tertiary alicyclic amines) is 1. The molecule has 2 heterocycles. The number of carbonyl (C=O) groups is 1. The van der Waals surface area contributed by atoms with E-state index in [1.807, 2.05) is 0 Å². The van der Waals surface area contributed by atoms with Crippen molar-refractivity contribution < 1.29 is 4.79 Å². The van der Waals surface area contributed by atoms with Crippen LogP contribution in [0.4, 0.5) is 0 Å². The highest BCUT2D eigenvalue weighted by molar-refractivity contribution is 5.82. The second-order valence-corrected chi connectivity index (χ2v) is 5.54. The molecule has 0 aliphatic carbocycles. The van der Waals surface area contributed by atoms with Gasteiger partial charge in [0.25, 0.3) is 0 Å². The molecular formula is C14H26N2O. The Balaban J connectivity index is 1.89. The molecule has 17 heavy (non-hydrogen) atoms. The van der Waals surface area contributed by atoms with Crippen LogP contribution < -0.4 is 5.32 Å². The highest BCUT2D eigenvalue weighted by Crippen LogP contribution is 2.21. The third-order valence-corrected chi connectivity index (χ3v) is 4.31. The molecule has 3 heteroatoms. The fourth-order valence-electron chi connectivity index (χ4n) is 3.07. The van der Waals surface area contributed by atoms with E-state index in [9.17, 15) is 4.79 Å². The van der Waals surface area contributed by atoms with Gasteiger partial charge in [-0.25, -0.2) is 0 Å². The molecule has 2 saturated heterocycles. The Bertz CT molecular complexity index is 247. The number of nitrogens with zero attached hydrogens (tertiary/aromatic N) is 1. The van der Waals surface area contributed by atoms with Crippen LogP contribution in [0.5, 0.6) is 0 Å². The van der Waals surface area contributed by atoms with Crippen LogP contribution in [0.25, 0.3) is 0 Å². The van der Waals surface area contributed by atoms with E-state index in [0.717, 1.165) is 32.0 Å². The Kier molecular flexibility index (Phi) is 4.84. The molecule has 2 rings (SSSR count). The van der Waals surface area contributed by atoms with Gasteiger partial charge in [-0.3, -0.25) is 4.79 Å². The molecule has 98 valence electrons. The van der Waals surface area contributed by atoms with E-state index in [1.165, 1.54) is 38.5 Å². The zero-order chi connectivity index (χ0) is 12.1. The van der Waals surface area contributed by atoms with E-state index >= 15 is 0 Å². The normalized spacial score (nSPS) is 31.0. The summed E-state index contributed by atoms with van der Waals surface area (Å²) >= 11 is 0. The van der Waals surface area contributed by atoms with Crippen molar-refractivity contribution in [1.82, 2.24) is 10.2 Å². The maximum absolute atomic E-state index is 12.4. The average molecular weight is 238 g/mol. The summed E-state index contributed by atoms with van der Waals surface area (Å²) in [6, 6.07) is 0.104. The highest BCUT2D eigenvalue weighted by atomic mass is 16.2. The number of hydrogen-bond acceptors (Lipinski definition) is 2. The van der Waals surface area contributed by atoms with Crippen molar-refractivity contribution in [1.29, 1.82) is 0 Å². The summed E-state index contributed by atoms with van der Waals surface area (Å²) in [7, 11) is 0. The first-order chi connectivity index (χ1) is 8.31. The summed E-state index contributed by atoms with van der Waals surface area (Å²) in [4.78, 5) is 14.5. The minimum Gasteiger partial charge on any atom is -0.341 e. The summed E-state index contributed by atoms with van der Waals surface area (Å²) in [5, 5.41) is 3.41. The second-order valence-electron chi connectivity index (χ2n) is 5.54. The first-order valence-electron chi connectivity index (χ1n) is 7.33. The number of hydrogen-bond donors (Lipinski definition) is 1. The molecule has 2 aliphatic heterocycles. The predicted molar refractivity (Wildman–Crippen MR) is 69.9 cm³/mol. The highest BCUT2D eigenvalue weighted by Gasteiger charge is 2.29. The van der Waals surface area contributed by atoms with Gasteiger partial charge in [0, 0.05) is 13.1 Å². The second kappa shape index (κ2) is 6.39. The summed E-state index contributed by atoms with van der Waals surface area (Å²) in [5.41, 5.74) is 0. The minimum absolute atomic E-state index is 0.104. The first-order valence-corrected chi connectivity index (χ1v) is 7.33. The van der Waals surface area contributed by atoms with E-state index in [2.05, 4.69) is 17.1 Å². The lowest BCUT2D eigenvalue weighted by Crippen LogP contribution is -2.50. The molecule has 0 aromatic rings. The first kappa shape index (κ1) is 12.9. The molecule has 0 bridgehead atoms. The SMILES string of the molecule is CCC1CCNC(C(=O)N2CCCCCC2)C1. The Morgan fingerprint density at radius 2 is 1.94 bits per heavy atom. The summed E-state index contributed by atoms with van der Waals surface area (Å²) < 4.78 is 0. The van der Waals surface area contributed by atoms with Crippen molar-refractivity contribution in [2.75, 3.05) is 19.6 Å². The van der Waals surface area contributed by atoms with E-state index in [-0.39, 0.29) is 6.04 Å². The molecule has 1 amide bonds. The molecule has 0 spiro atoms. The maximum Gasteiger partial charge on any atom is 0.239 e. The van der Waals surface area contributed by atoms with Gasteiger partial charge in [-0.05, 0) is 38.1 Å². The van der Waals surface area contributed by atoms with E-state index in [4.69, 9.17) is 0 Å². The lowest BCUT2D eigenvalue weighted by Gasteiger charge is -2.32. The van der Waals surface area contributed by atoms with Crippen LogP contribution in [-0.2, 0) is 4.79 Å². The van der Waals surface area contributed by atoms with Crippen molar-refractivity contribution in [3.63, 3.8) is 0 Å². The molecule has 0 aromatic carbocycles. The van der Waals surface area contributed by atoms with Crippen LogP contribution in [0, 0.1) is 5.92 Å². The third-order valence-electron chi connectivity index (χ3n) is 4.31. The topological polar surface area (TPSA) is 32.3 Å². The van der Waals surface area contributed by atoms with Crippen molar-refractivity contribution in [2.45, 2.75) is 57.9 Å². The monoisotopic (exact) mass is 238 g/mol. The van der Waals surface area contributed by atoms with Crippen LogP contribution in [0.2, 0.25) is 0 Å². The molecule has 0 radical (unpaired) electrons. The van der Waals surface area contributed by atoms with Crippen LogP contribution >= 0.6 is 0 Å². The van der Waals surface area contributed by atoms with E-state index in [1.54, 1.807) is 0 Å². The van der Waals surface area contributed by atoms with Crippen molar-refractivity contribution in [3.05, 3.63) is 0 Å². The van der Waals surface area contributed by atoms with Gasteiger partial charge in [-0.2, -0.15) is 0 Å². The number of rotatable bonds is 2. The maximum atomic E-state index is 12.4. The van der Waals surface area contributed by atoms with Crippen molar-refractivity contribution >= 4 is 5.91 Å². The van der Waals surface area contributed by atoms with Gasteiger partial charge >= 0.3 is 0 Å². The predicted octanol–water partition coefficient (Wildman–Crippen LogP) is 2.17. The number of nitrogens with one attached hydrogen (secondary N) is 1. The van der Waals surface area contributed by atoms with Gasteiger partial charge in [0.15, 0.2) is 0 Å². The van der Waals surface area contributed by atoms with Gasteiger partial charge < -0.3 is 10.2 Å². The van der Waals surface area contributed by atoms with Crippen LogP contribution in [-0.4, -0.2) is 36.5 Å². The number of piperidine rings is 1. The zero-order valence-electron chi connectivity index (χ0n) is 11.1. The Labute approximate surface area is 105 Å². The Morgan fingerprint density at radius 3 is 2.59 bits per heavy atom. The molecule has 1 N–H and O–H groups in total. The molecular weight excluding hydrogens is 212 g/mol. The Hall–Kier alpha value is -0.570. The van der Waals surface area contributed by atoms with Gasteiger partial charge in [0.1, 0.15) is 0 Å². The smallest absolute Gasteiger partial charge is 0.239 e. The molecule has 2 atom stereocenters. The van der Waals surface area contributed by atoms with Crippen molar-refractivity contribution in [2.24, 2.45) is 5.92 Å². The van der Waals surface area contributed by atoms with Gasteiger partial charge in [0.2, 0.25) is 5.91 Å². The van der Waals surface area contributed by atoms with E-state index in [0.29, 0.717) is 5.91 Å². The summed E-state index contributed by atoms with van der Waals surface area (Å²) in [6.45, 7) is 5.22. The van der Waals surface area contributed by atoms with Gasteiger partial charge in [-0.1, -0.05) is 26.2 Å². The third kappa shape index (κ3) is 3.44. The van der Waals surface area contributed by atoms with E-state index < -0.39 is 0 Å². The summed E-state index contributed by atoms with van der Waals surface area (Å²) in [5.74, 6) is 1.11. The van der Waals surface area contributed by atoms with Gasteiger partial charge in [0.05, 0.1) is 6.04 Å². The molecule has 0 aromatic heterocycles. The number of amides is 1. The quantitative estimate of drug-likeness (QED) is 0.799. The lowest BCUT2D eigenvalue weighted by molar-refractivity contribution is -0.134. The minimum atomic E-state index is 0.104. The lowest BCUT2D eigenvalue weighted by atomic mass is 9.90. The molecule has 3 nitrogen and oxygen atoms in total. The van der Waals surface area contributed by atoms with Crippen LogP contribution in [0.3, 0.4) is 0 Å². The van der Waals surface area contributed by atoms with Crippen molar-refractivity contribution in [3.8, 4) is 0 Å². The Morgan fingerprint density at radius 1 is 1.24 bits per heavy atom. The largest absolute Gasteiger partial charge is 0.341 e. The fraction of sp³-hybridized carbons (Fsp3) is 0.929. The van der Waals surface area contributed by atoms with Gasteiger partial charge in [-0.15, -0.1) is 0 Å². The molecule has 0 saturated carbocycles. The van der Waals surface area contributed by atoms with Crippen LogP contribution in [0.15, 0.2) is 0 Å². The summed E-state index contributed by atoms with van der Waals surface area (Å²) in [6.07, 6.45) is 8.46. The zero-order valence-corrected chi connectivity index (χ0v) is 11.1. The fourth-order valence-corrected chi connectivity index (χ4v) is 3.07.